The maximum Gasteiger partial charge on any atom is 0.142 e. The minimum absolute atomic E-state index is 0.564. The van der Waals surface area contributed by atoms with E-state index in [1.165, 1.54) is 18.2 Å². The number of nitrogens with two attached hydrogens (primary N) is 1. The van der Waals surface area contributed by atoms with Gasteiger partial charge in [0.15, 0.2) is 0 Å². The molecule has 5 rings (SSSR count). The SMILES string of the molecule is Nc1cccc(-c2ccc3ccn(-c4cc(NC5CC5)ncn4)c3c2)c1. The Kier molecular flexibility index (Phi) is 3.38. The maximum absolute atomic E-state index is 5.94. The average Bonchev–Trinajstić information content (AvgIpc) is 3.37. The number of nitrogen functional groups attached to an aromatic ring is 1. The smallest absolute Gasteiger partial charge is 0.142 e. The third-order valence-corrected chi connectivity index (χ3v) is 4.74. The van der Waals surface area contributed by atoms with Crippen molar-refractivity contribution in [2.45, 2.75) is 18.9 Å². The molecule has 5 heteroatoms. The molecule has 0 saturated heterocycles. The third-order valence-electron chi connectivity index (χ3n) is 4.74. The number of benzene rings is 2. The minimum Gasteiger partial charge on any atom is -0.399 e. The number of rotatable bonds is 4. The van der Waals surface area contributed by atoms with Crippen molar-refractivity contribution >= 4 is 22.4 Å². The molecule has 26 heavy (non-hydrogen) atoms. The van der Waals surface area contributed by atoms with Crippen LogP contribution in [0.5, 0.6) is 0 Å². The number of nitrogens with zero attached hydrogens (tertiary/aromatic N) is 3. The van der Waals surface area contributed by atoms with Crippen LogP contribution < -0.4 is 11.1 Å². The van der Waals surface area contributed by atoms with E-state index in [-0.39, 0.29) is 0 Å². The van der Waals surface area contributed by atoms with E-state index in [4.69, 9.17) is 5.73 Å². The van der Waals surface area contributed by atoms with E-state index in [1.807, 2.05) is 24.3 Å². The molecule has 3 N–H and O–H groups in total. The molecule has 2 aromatic heterocycles. The molecule has 5 nitrogen and oxygen atoms in total. The van der Waals surface area contributed by atoms with Crippen molar-refractivity contribution in [3.8, 4) is 16.9 Å². The molecule has 0 radical (unpaired) electrons. The lowest BCUT2D eigenvalue weighted by Gasteiger charge is -2.09. The number of fused-ring (bicyclic) bond motifs is 1. The molecule has 1 fully saturated rings. The van der Waals surface area contributed by atoms with Crippen LogP contribution in [0, 0.1) is 0 Å². The lowest BCUT2D eigenvalue weighted by Crippen LogP contribution is -2.05. The van der Waals surface area contributed by atoms with Crippen LogP contribution in [0.4, 0.5) is 11.5 Å². The highest BCUT2D eigenvalue weighted by atomic mass is 15.1. The van der Waals surface area contributed by atoms with Crippen molar-refractivity contribution < 1.29 is 0 Å². The Bertz CT molecular complexity index is 1090. The van der Waals surface area contributed by atoms with Crippen molar-refractivity contribution in [1.29, 1.82) is 0 Å². The van der Waals surface area contributed by atoms with Gasteiger partial charge in [-0.25, -0.2) is 9.97 Å². The number of nitrogens with one attached hydrogen (secondary N) is 1. The first-order chi connectivity index (χ1) is 12.8. The number of anilines is 2. The summed E-state index contributed by atoms with van der Waals surface area (Å²) in [6.07, 6.45) is 6.11. The zero-order valence-corrected chi connectivity index (χ0v) is 14.3. The Morgan fingerprint density at radius 3 is 2.69 bits per heavy atom. The highest BCUT2D eigenvalue weighted by molar-refractivity contribution is 5.87. The molecule has 1 aliphatic rings. The van der Waals surface area contributed by atoms with E-state index in [2.05, 4.69) is 56.4 Å². The van der Waals surface area contributed by atoms with Gasteiger partial charge < -0.3 is 15.6 Å². The molecule has 0 amide bonds. The summed E-state index contributed by atoms with van der Waals surface area (Å²) in [4.78, 5) is 8.80. The van der Waals surface area contributed by atoms with E-state index in [9.17, 15) is 0 Å². The van der Waals surface area contributed by atoms with Gasteiger partial charge in [-0.15, -0.1) is 0 Å². The molecule has 0 unspecified atom stereocenters. The first kappa shape index (κ1) is 15.0. The summed E-state index contributed by atoms with van der Waals surface area (Å²) in [5, 5.41) is 4.61. The lowest BCUT2D eigenvalue weighted by molar-refractivity contribution is 0.998. The van der Waals surface area contributed by atoms with Gasteiger partial charge in [0.05, 0.1) is 5.52 Å². The molecule has 0 bridgehead atoms. The fourth-order valence-electron chi connectivity index (χ4n) is 3.22. The van der Waals surface area contributed by atoms with E-state index in [0.717, 1.165) is 34.0 Å². The Morgan fingerprint density at radius 2 is 1.85 bits per heavy atom. The van der Waals surface area contributed by atoms with Gasteiger partial charge in [-0.2, -0.15) is 0 Å². The monoisotopic (exact) mass is 341 g/mol. The molecule has 1 aliphatic carbocycles. The Labute approximate surface area is 151 Å². The van der Waals surface area contributed by atoms with Crippen molar-refractivity contribution in [3.05, 3.63) is 67.1 Å². The second kappa shape index (κ2) is 5.88. The normalized spacial score (nSPS) is 13.8. The molecule has 2 aromatic carbocycles. The summed E-state index contributed by atoms with van der Waals surface area (Å²) in [7, 11) is 0. The van der Waals surface area contributed by atoms with E-state index in [0.29, 0.717) is 6.04 Å². The Morgan fingerprint density at radius 1 is 0.962 bits per heavy atom. The van der Waals surface area contributed by atoms with E-state index < -0.39 is 0 Å². The lowest BCUT2D eigenvalue weighted by atomic mass is 10.0. The highest BCUT2D eigenvalue weighted by Gasteiger charge is 2.21. The van der Waals surface area contributed by atoms with Gasteiger partial charge in [-0.3, -0.25) is 0 Å². The summed E-state index contributed by atoms with van der Waals surface area (Å²) >= 11 is 0. The van der Waals surface area contributed by atoms with E-state index in [1.54, 1.807) is 6.33 Å². The highest BCUT2D eigenvalue weighted by Crippen LogP contribution is 2.28. The molecule has 4 aromatic rings. The van der Waals surface area contributed by atoms with Gasteiger partial charge >= 0.3 is 0 Å². The van der Waals surface area contributed by atoms with Crippen LogP contribution in [0.1, 0.15) is 12.8 Å². The van der Waals surface area contributed by atoms with Crippen molar-refractivity contribution in [3.63, 3.8) is 0 Å². The summed E-state index contributed by atoms with van der Waals surface area (Å²) in [6, 6.07) is 19.1. The molecule has 2 heterocycles. The predicted octanol–water partition coefficient (Wildman–Crippen LogP) is 4.24. The quantitative estimate of drug-likeness (QED) is 0.545. The van der Waals surface area contributed by atoms with Gasteiger partial charge in [-0.1, -0.05) is 24.3 Å². The third kappa shape index (κ3) is 2.77. The fourth-order valence-corrected chi connectivity index (χ4v) is 3.22. The standard InChI is InChI=1S/C21H19N5/c22-17-3-1-2-15(10-17)16-5-4-14-8-9-26(19(14)11-16)21-12-20(23-13-24-21)25-18-6-7-18/h1-5,8-13,18H,6-7,22H2,(H,23,24,25). The van der Waals surface area contributed by atoms with Crippen molar-refractivity contribution in [1.82, 2.24) is 14.5 Å². The first-order valence-electron chi connectivity index (χ1n) is 8.82. The Hall–Kier alpha value is -3.34. The van der Waals surface area contributed by atoms with Crippen LogP contribution in [0.15, 0.2) is 67.1 Å². The first-order valence-corrected chi connectivity index (χ1v) is 8.82. The van der Waals surface area contributed by atoms with Gasteiger partial charge in [0.2, 0.25) is 0 Å². The van der Waals surface area contributed by atoms with Crippen molar-refractivity contribution in [2.75, 3.05) is 11.1 Å². The molecule has 128 valence electrons. The molecular formula is C21H19N5. The van der Waals surface area contributed by atoms with Crippen LogP contribution in [0.25, 0.3) is 27.8 Å². The summed E-state index contributed by atoms with van der Waals surface area (Å²) in [6.45, 7) is 0. The summed E-state index contributed by atoms with van der Waals surface area (Å²) in [5.74, 6) is 1.74. The topological polar surface area (TPSA) is 68.8 Å². The van der Waals surface area contributed by atoms with Gasteiger partial charge in [0.1, 0.15) is 18.0 Å². The largest absolute Gasteiger partial charge is 0.399 e. The van der Waals surface area contributed by atoms with Crippen LogP contribution in [0.3, 0.4) is 0 Å². The van der Waals surface area contributed by atoms with Gasteiger partial charge in [-0.05, 0) is 48.2 Å². The minimum atomic E-state index is 0.564. The molecule has 0 spiro atoms. The summed E-state index contributed by atoms with van der Waals surface area (Å²) in [5.41, 5.74) is 10.1. The Balaban J connectivity index is 1.59. The summed E-state index contributed by atoms with van der Waals surface area (Å²) < 4.78 is 2.10. The van der Waals surface area contributed by atoms with Crippen molar-refractivity contribution in [2.24, 2.45) is 0 Å². The second-order valence-electron chi connectivity index (χ2n) is 6.76. The molecule has 0 aliphatic heterocycles. The van der Waals surface area contributed by atoms with Gasteiger partial charge in [0, 0.05) is 29.4 Å². The van der Waals surface area contributed by atoms with Crippen LogP contribution in [-0.4, -0.2) is 20.6 Å². The fraction of sp³-hybridized carbons (Fsp3) is 0.143. The zero-order valence-electron chi connectivity index (χ0n) is 14.3. The number of hydrogen-bond acceptors (Lipinski definition) is 4. The molecular weight excluding hydrogens is 322 g/mol. The number of aromatic nitrogens is 3. The predicted molar refractivity (Wildman–Crippen MR) is 105 cm³/mol. The van der Waals surface area contributed by atoms with Gasteiger partial charge in [0.25, 0.3) is 0 Å². The van der Waals surface area contributed by atoms with E-state index >= 15 is 0 Å². The molecule has 0 atom stereocenters. The van der Waals surface area contributed by atoms with Crippen LogP contribution in [0.2, 0.25) is 0 Å². The molecule has 1 saturated carbocycles. The number of hydrogen-bond donors (Lipinski definition) is 2. The van der Waals surface area contributed by atoms with Crippen LogP contribution in [-0.2, 0) is 0 Å². The zero-order chi connectivity index (χ0) is 17.5. The maximum atomic E-state index is 5.94. The average molecular weight is 341 g/mol. The van der Waals surface area contributed by atoms with Crippen LogP contribution >= 0.6 is 0 Å². The second-order valence-corrected chi connectivity index (χ2v) is 6.76.